The van der Waals surface area contributed by atoms with E-state index in [1.807, 2.05) is 4.90 Å². The van der Waals surface area contributed by atoms with Gasteiger partial charge in [0.05, 0.1) is 12.6 Å². The zero-order valence-corrected chi connectivity index (χ0v) is 13.1. The third-order valence-electron chi connectivity index (χ3n) is 4.52. The first kappa shape index (κ1) is 15.4. The van der Waals surface area contributed by atoms with Gasteiger partial charge in [0, 0.05) is 20.2 Å². The molecule has 8 nitrogen and oxygen atoms in total. The highest BCUT2D eigenvalue weighted by atomic mass is 16.5. The maximum Gasteiger partial charge on any atom is 0.244 e. The Balaban J connectivity index is 1.58. The van der Waals surface area contributed by atoms with Crippen LogP contribution in [0.4, 0.5) is 0 Å². The maximum atomic E-state index is 12.5. The van der Waals surface area contributed by atoms with Crippen molar-refractivity contribution in [2.24, 2.45) is 0 Å². The van der Waals surface area contributed by atoms with Crippen LogP contribution >= 0.6 is 0 Å². The Bertz CT molecular complexity index is 499. The standard InChI is InChI=1S/C14H24N6O2/c1-22-12-5-4-8-19(9-12)14(21)11-20-13(15-16-17-20)10-18-6-2-3-7-18/h12H,2-11H2,1H3/t12-/m1/s1. The zero-order chi connectivity index (χ0) is 15.4. The van der Waals surface area contributed by atoms with Gasteiger partial charge in [-0.2, -0.15) is 0 Å². The molecule has 2 fully saturated rings. The van der Waals surface area contributed by atoms with E-state index in [9.17, 15) is 4.79 Å². The van der Waals surface area contributed by atoms with E-state index in [2.05, 4.69) is 20.4 Å². The molecule has 1 aromatic rings. The third kappa shape index (κ3) is 3.61. The van der Waals surface area contributed by atoms with Gasteiger partial charge in [-0.25, -0.2) is 4.68 Å². The second kappa shape index (κ2) is 7.15. The van der Waals surface area contributed by atoms with Gasteiger partial charge in [-0.15, -0.1) is 5.10 Å². The minimum atomic E-state index is 0.0664. The van der Waals surface area contributed by atoms with Crippen LogP contribution in [0.15, 0.2) is 0 Å². The average molecular weight is 308 g/mol. The van der Waals surface area contributed by atoms with Crippen molar-refractivity contribution in [2.45, 2.75) is 44.9 Å². The summed E-state index contributed by atoms with van der Waals surface area (Å²) >= 11 is 0. The van der Waals surface area contributed by atoms with Gasteiger partial charge in [0.1, 0.15) is 6.54 Å². The smallest absolute Gasteiger partial charge is 0.244 e. The molecule has 0 radical (unpaired) electrons. The van der Waals surface area contributed by atoms with Crippen molar-refractivity contribution >= 4 is 5.91 Å². The molecule has 0 bridgehead atoms. The Kier molecular flexibility index (Phi) is 4.99. The summed E-state index contributed by atoms with van der Waals surface area (Å²) < 4.78 is 7.01. The number of ether oxygens (including phenoxy) is 1. The average Bonchev–Trinajstić information content (AvgIpc) is 3.20. The Morgan fingerprint density at radius 1 is 1.27 bits per heavy atom. The van der Waals surface area contributed by atoms with Crippen molar-refractivity contribution in [3.05, 3.63) is 5.82 Å². The van der Waals surface area contributed by atoms with E-state index in [0.717, 1.165) is 44.8 Å². The van der Waals surface area contributed by atoms with Crippen LogP contribution in [0.5, 0.6) is 0 Å². The molecule has 22 heavy (non-hydrogen) atoms. The van der Waals surface area contributed by atoms with Crippen LogP contribution in [-0.4, -0.2) is 75.3 Å². The first-order valence-electron chi connectivity index (χ1n) is 8.04. The summed E-state index contributed by atoms with van der Waals surface area (Å²) in [6, 6.07) is 0. The largest absolute Gasteiger partial charge is 0.380 e. The molecular formula is C14H24N6O2. The van der Waals surface area contributed by atoms with Crippen molar-refractivity contribution in [3.8, 4) is 0 Å². The molecule has 3 heterocycles. The molecule has 122 valence electrons. The lowest BCUT2D eigenvalue weighted by atomic mass is 10.1. The second-order valence-electron chi connectivity index (χ2n) is 6.08. The molecule has 0 aliphatic carbocycles. The van der Waals surface area contributed by atoms with Crippen molar-refractivity contribution in [1.82, 2.24) is 30.0 Å². The summed E-state index contributed by atoms with van der Waals surface area (Å²) in [5.74, 6) is 0.840. The minimum absolute atomic E-state index is 0.0664. The lowest BCUT2D eigenvalue weighted by Crippen LogP contribution is -2.44. The predicted octanol–water partition coefficient (Wildman–Crippen LogP) is -0.0937. The predicted molar refractivity (Wildman–Crippen MR) is 78.9 cm³/mol. The summed E-state index contributed by atoms with van der Waals surface area (Å²) in [6.45, 7) is 4.57. The van der Waals surface area contributed by atoms with Crippen LogP contribution in [0.1, 0.15) is 31.5 Å². The number of rotatable bonds is 5. The normalized spacial score (nSPS) is 23.1. The fourth-order valence-electron chi connectivity index (χ4n) is 3.19. The molecule has 2 aliphatic rings. The monoisotopic (exact) mass is 308 g/mol. The topological polar surface area (TPSA) is 76.4 Å². The van der Waals surface area contributed by atoms with Crippen LogP contribution in [0.2, 0.25) is 0 Å². The Morgan fingerprint density at radius 2 is 2.09 bits per heavy atom. The van der Waals surface area contributed by atoms with Gasteiger partial charge in [-0.1, -0.05) is 0 Å². The quantitative estimate of drug-likeness (QED) is 0.756. The molecule has 8 heteroatoms. The van der Waals surface area contributed by atoms with E-state index in [0.29, 0.717) is 6.54 Å². The van der Waals surface area contributed by atoms with Crippen LogP contribution < -0.4 is 0 Å². The van der Waals surface area contributed by atoms with Gasteiger partial charge in [0.2, 0.25) is 5.91 Å². The van der Waals surface area contributed by atoms with E-state index in [1.165, 1.54) is 12.8 Å². The highest BCUT2D eigenvalue weighted by molar-refractivity contribution is 5.76. The summed E-state index contributed by atoms with van der Waals surface area (Å²) in [5, 5.41) is 11.8. The van der Waals surface area contributed by atoms with Gasteiger partial charge in [0.15, 0.2) is 5.82 Å². The fourth-order valence-corrected chi connectivity index (χ4v) is 3.19. The first-order chi connectivity index (χ1) is 10.8. The molecule has 2 aliphatic heterocycles. The molecule has 2 saturated heterocycles. The minimum Gasteiger partial charge on any atom is -0.380 e. The highest BCUT2D eigenvalue weighted by Crippen LogP contribution is 2.14. The number of likely N-dealkylation sites (tertiary alicyclic amines) is 2. The highest BCUT2D eigenvalue weighted by Gasteiger charge is 2.25. The second-order valence-corrected chi connectivity index (χ2v) is 6.08. The van der Waals surface area contributed by atoms with Gasteiger partial charge < -0.3 is 9.64 Å². The number of hydrogen-bond acceptors (Lipinski definition) is 6. The van der Waals surface area contributed by atoms with E-state index >= 15 is 0 Å². The number of amides is 1. The molecule has 0 saturated carbocycles. The number of carbonyl (C=O) groups excluding carboxylic acids is 1. The number of carbonyl (C=O) groups is 1. The molecule has 1 aromatic heterocycles. The number of aromatic nitrogens is 4. The molecule has 0 spiro atoms. The summed E-state index contributed by atoms with van der Waals surface area (Å²) in [5.41, 5.74) is 0. The SMILES string of the molecule is CO[C@@H]1CCCN(C(=O)Cn2nnnc2CN2CCCC2)C1. The molecule has 1 atom stereocenters. The van der Waals surface area contributed by atoms with Crippen molar-refractivity contribution in [1.29, 1.82) is 0 Å². The van der Waals surface area contributed by atoms with E-state index in [4.69, 9.17) is 4.74 Å². The summed E-state index contributed by atoms with van der Waals surface area (Å²) in [7, 11) is 1.70. The van der Waals surface area contributed by atoms with Gasteiger partial charge >= 0.3 is 0 Å². The molecule has 0 aromatic carbocycles. The molecule has 0 N–H and O–H groups in total. The zero-order valence-electron chi connectivity index (χ0n) is 13.1. The van der Waals surface area contributed by atoms with Crippen molar-refractivity contribution < 1.29 is 9.53 Å². The molecule has 0 unspecified atom stereocenters. The third-order valence-corrected chi connectivity index (χ3v) is 4.52. The maximum absolute atomic E-state index is 12.5. The molecule has 1 amide bonds. The van der Waals surface area contributed by atoms with Crippen LogP contribution in [0.25, 0.3) is 0 Å². The number of hydrogen-bond donors (Lipinski definition) is 0. The number of methoxy groups -OCH3 is 1. The summed E-state index contributed by atoms with van der Waals surface area (Å²) in [6.07, 6.45) is 4.61. The Morgan fingerprint density at radius 3 is 2.86 bits per heavy atom. The van der Waals surface area contributed by atoms with Gasteiger partial charge in [0.25, 0.3) is 0 Å². The molecule has 3 rings (SSSR count). The first-order valence-corrected chi connectivity index (χ1v) is 8.04. The van der Waals surface area contributed by atoms with E-state index in [-0.39, 0.29) is 18.6 Å². The summed E-state index contributed by atoms with van der Waals surface area (Å²) in [4.78, 5) is 16.6. The molecular weight excluding hydrogens is 284 g/mol. The van der Waals surface area contributed by atoms with Crippen molar-refractivity contribution in [2.75, 3.05) is 33.3 Å². The van der Waals surface area contributed by atoms with Crippen LogP contribution in [0.3, 0.4) is 0 Å². The van der Waals surface area contributed by atoms with Crippen molar-refractivity contribution in [3.63, 3.8) is 0 Å². The fraction of sp³-hybridized carbons (Fsp3) is 0.857. The van der Waals surface area contributed by atoms with Gasteiger partial charge in [-0.3, -0.25) is 9.69 Å². The lowest BCUT2D eigenvalue weighted by Gasteiger charge is -2.31. The van der Waals surface area contributed by atoms with Crippen LogP contribution in [0, 0.1) is 0 Å². The lowest BCUT2D eigenvalue weighted by molar-refractivity contribution is -0.135. The number of nitrogens with zero attached hydrogens (tertiary/aromatic N) is 6. The van der Waals surface area contributed by atoms with E-state index in [1.54, 1.807) is 11.8 Å². The van der Waals surface area contributed by atoms with E-state index < -0.39 is 0 Å². The Hall–Kier alpha value is -1.54. The van der Waals surface area contributed by atoms with Crippen LogP contribution in [-0.2, 0) is 22.6 Å². The number of piperidine rings is 1. The van der Waals surface area contributed by atoms with Gasteiger partial charge in [-0.05, 0) is 49.2 Å². The number of tetrazole rings is 1. The Labute approximate surface area is 130 Å².